The topological polar surface area (TPSA) is 62.8 Å². The molecule has 2 aromatic carbocycles. The van der Waals surface area contributed by atoms with Crippen molar-refractivity contribution in [1.82, 2.24) is 5.32 Å². The summed E-state index contributed by atoms with van der Waals surface area (Å²) in [4.78, 5) is 14.7. The quantitative estimate of drug-likeness (QED) is 0.670. The zero-order valence-corrected chi connectivity index (χ0v) is 19.5. The second-order valence-electron chi connectivity index (χ2n) is 8.29. The molecule has 0 aromatic heterocycles. The first-order valence-corrected chi connectivity index (χ1v) is 11.7. The van der Waals surface area contributed by atoms with Gasteiger partial charge in [0.1, 0.15) is 12.4 Å². The third kappa shape index (κ3) is 7.24. The second kappa shape index (κ2) is 13.1. The Bertz CT molecular complexity index is 856. The first kappa shape index (κ1) is 24.1. The average Bonchev–Trinajstić information content (AvgIpc) is 2.80. The van der Waals surface area contributed by atoms with Gasteiger partial charge in [0.25, 0.3) is 5.91 Å². The fraction of sp³-hybridized carbons (Fsp3) is 0.500. The Labute approximate surface area is 192 Å². The lowest BCUT2D eigenvalue weighted by atomic mass is 10.1. The minimum atomic E-state index is 0.0181. The third-order valence-electron chi connectivity index (χ3n) is 5.87. The van der Waals surface area contributed by atoms with E-state index in [-0.39, 0.29) is 12.5 Å². The van der Waals surface area contributed by atoms with E-state index in [1.54, 1.807) is 14.2 Å². The maximum atomic E-state index is 12.8. The molecule has 6 nitrogen and oxygen atoms in total. The highest BCUT2D eigenvalue weighted by molar-refractivity contribution is 5.95. The molecular formula is C26H37N3O3. The molecule has 32 heavy (non-hydrogen) atoms. The molecule has 0 saturated heterocycles. The van der Waals surface area contributed by atoms with Crippen LogP contribution in [0.25, 0.3) is 0 Å². The zero-order valence-electron chi connectivity index (χ0n) is 19.5. The number of ether oxygens (including phenoxy) is 2. The molecule has 1 amide bonds. The number of nitrogens with one attached hydrogen (secondary N) is 2. The van der Waals surface area contributed by atoms with E-state index in [9.17, 15) is 4.79 Å². The Kier molecular flexibility index (Phi) is 9.85. The summed E-state index contributed by atoms with van der Waals surface area (Å²) >= 11 is 0. The van der Waals surface area contributed by atoms with Crippen molar-refractivity contribution in [2.75, 3.05) is 50.7 Å². The maximum Gasteiger partial charge on any atom is 0.252 e. The van der Waals surface area contributed by atoms with E-state index in [0.717, 1.165) is 68.1 Å². The summed E-state index contributed by atoms with van der Waals surface area (Å²) in [6.07, 6.45) is 6.72. The lowest BCUT2D eigenvalue weighted by molar-refractivity contribution is -0.122. The number of amides is 1. The van der Waals surface area contributed by atoms with Crippen molar-refractivity contribution in [3.05, 3.63) is 53.6 Å². The van der Waals surface area contributed by atoms with E-state index in [1.165, 1.54) is 24.8 Å². The Morgan fingerprint density at radius 2 is 1.91 bits per heavy atom. The molecule has 0 aliphatic carbocycles. The van der Waals surface area contributed by atoms with Crippen molar-refractivity contribution in [2.24, 2.45) is 0 Å². The van der Waals surface area contributed by atoms with E-state index in [0.29, 0.717) is 0 Å². The summed E-state index contributed by atoms with van der Waals surface area (Å²) < 4.78 is 10.5. The number of rotatable bonds is 7. The molecule has 0 saturated carbocycles. The standard InChI is InChI=1S/C26H37N3O3/c1-31-20-26(30)29-16-7-5-3-4-6-14-27-19-22-18-23(11-12-25(22)29)28-15-13-21-9-8-10-24(17-21)32-2/h8-12,17-18,27-28H,3-7,13-16,19-20H2,1-2H3. The van der Waals surface area contributed by atoms with Crippen LogP contribution >= 0.6 is 0 Å². The minimum Gasteiger partial charge on any atom is -0.497 e. The van der Waals surface area contributed by atoms with Gasteiger partial charge in [-0.2, -0.15) is 0 Å². The molecule has 6 heteroatoms. The summed E-state index contributed by atoms with van der Waals surface area (Å²) in [5.74, 6) is 0.902. The van der Waals surface area contributed by atoms with Gasteiger partial charge >= 0.3 is 0 Å². The van der Waals surface area contributed by atoms with E-state index in [1.807, 2.05) is 17.0 Å². The molecule has 0 atom stereocenters. The van der Waals surface area contributed by atoms with E-state index < -0.39 is 0 Å². The highest BCUT2D eigenvalue weighted by Gasteiger charge is 2.19. The van der Waals surface area contributed by atoms with E-state index in [4.69, 9.17) is 9.47 Å². The summed E-state index contributed by atoms with van der Waals surface area (Å²) in [6.45, 7) is 3.41. The number of hydrogen-bond acceptors (Lipinski definition) is 5. The van der Waals surface area contributed by atoms with Gasteiger partial charge in [0.05, 0.1) is 7.11 Å². The fourth-order valence-corrected chi connectivity index (χ4v) is 4.13. The number of carbonyl (C=O) groups is 1. The summed E-state index contributed by atoms with van der Waals surface area (Å²) in [7, 11) is 3.27. The highest BCUT2D eigenvalue weighted by atomic mass is 16.5. The lowest BCUT2D eigenvalue weighted by Crippen LogP contribution is -2.36. The van der Waals surface area contributed by atoms with Gasteiger partial charge in [-0.1, -0.05) is 31.4 Å². The maximum absolute atomic E-state index is 12.8. The van der Waals surface area contributed by atoms with Crippen LogP contribution < -0.4 is 20.3 Å². The van der Waals surface area contributed by atoms with Crippen LogP contribution in [0.5, 0.6) is 5.75 Å². The lowest BCUT2D eigenvalue weighted by Gasteiger charge is -2.26. The molecule has 2 N–H and O–H groups in total. The molecule has 3 rings (SSSR count). The van der Waals surface area contributed by atoms with Crippen LogP contribution in [0.2, 0.25) is 0 Å². The van der Waals surface area contributed by atoms with Crippen LogP contribution in [0, 0.1) is 0 Å². The van der Waals surface area contributed by atoms with Crippen LogP contribution in [0.1, 0.15) is 43.2 Å². The minimum absolute atomic E-state index is 0.0181. The van der Waals surface area contributed by atoms with Gasteiger partial charge < -0.3 is 25.0 Å². The number of methoxy groups -OCH3 is 2. The Balaban J connectivity index is 1.73. The first-order chi connectivity index (χ1) is 15.7. The monoisotopic (exact) mass is 439 g/mol. The molecule has 0 radical (unpaired) electrons. The molecule has 0 spiro atoms. The van der Waals surface area contributed by atoms with Crippen molar-refractivity contribution >= 4 is 17.3 Å². The molecule has 1 aliphatic rings. The molecule has 1 heterocycles. The van der Waals surface area contributed by atoms with Gasteiger partial charge in [0, 0.05) is 38.1 Å². The number of fused-ring (bicyclic) bond motifs is 1. The summed E-state index contributed by atoms with van der Waals surface area (Å²) in [5.41, 5.74) is 4.43. The molecule has 0 bridgehead atoms. The number of nitrogens with zero attached hydrogens (tertiary/aromatic N) is 1. The van der Waals surface area contributed by atoms with Crippen LogP contribution in [-0.2, 0) is 22.5 Å². The van der Waals surface area contributed by atoms with Crippen molar-refractivity contribution < 1.29 is 14.3 Å². The molecule has 0 fully saturated rings. The largest absolute Gasteiger partial charge is 0.497 e. The van der Waals surface area contributed by atoms with Gasteiger partial charge in [-0.3, -0.25) is 4.79 Å². The van der Waals surface area contributed by atoms with E-state index >= 15 is 0 Å². The normalized spacial score (nSPS) is 15.2. The number of anilines is 2. The van der Waals surface area contributed by atoms with Crippen molar-refractivity contribution in [2.45, 2.75) is 45.1 Å². The third-order valence-corrected chi connectivity index (χ3v) is 5.87. The number of hydrogen-bond donors (Lipinski definition) is 2. The van der Waals surface area contributed by atoms with Gasteiger partial charge in [-0.25, -0.2) is 0 Å². The average molecular weight is 440 g/mol. The second-order valence-corrected chi connectivity index (χ2v) is 8.29. The zero-order chi connectivity index (χ0) is 22.6. The Hall–Kier alpha value is -2.57. The molecule has 1 aliphatic heterocycles. The molecular weight excluding hydrogens is 402 g/mol. The van der Waals surface area contributed by atoms with Gasteiger partial charge in [0.2, 0.25) is 0 Å². The summed E-state index contributed by atoms with van der Waals surface area (Å²) in [5, 5.41) is 7.10. The first-order valence-electron chi connectivity index (χ1n) is 11.7. The van der Waals surface area contributed by atoms with Gasteiger partial charge in [-0.15, -0.1) is 0 Å². The van der Waals surface area contributed by atoms with Crippen molar-refractivity contribution in [1.29, 1.82) is 0 Å². The molecule has 0 unspecified atom stereocenters. The van der Waals surface area contributed by atoms with Crippen molar-refractivity contribution in [3.63, 3.8) is 0 Å². The predicted molar refractivity (Wildman–Crippen MR) is 131 cm³/mol. The predicted octanol–water partition coefficient (Wildman–Crippen LogP) is 4.38. The fourth-order valence-electron chi connectivity index (χ4n) is 4.13. The number of carbonyl (C=O) groups excluding carboxylic acids is 1. The van der Waals surface area contributed by atoms with Crippen LogP contribution in [0.3, 0.4) is 0 Å². The van der Waals surface area contributed by atoms with Crippen LogP contribution in [0.15, 0.2) is 42.5 Å². The molecule has 174 valence electrons. The summed E-state index contributed by atoms with van der Waals surface area (Å²) in [6, 6.07) is 14.5. The highest BCUT2D eigenvalue weighted by Crippen LogP contribution is 2.26. The Morgan fingerprint density at radius 1 is 1.06 bits per heavy atom. The van der Waals surface area contributed by atoms with Crippen LogP contribution in [0.4, 0.5) is 11.4 Å². The Morgan fingerprint density at radius 3 is 2.75 bits per heavy atom. The smallest absolute Gasteiger partial charge is 0.252 e. The molecule has 2 aromatic rings. The SMILES string of the molecule is COCC(=O)N1CCCCCCCNCc2cc(NCCc3cccc(OC)c3)ccc21. The number of benzene rings is 2. The van der Waals surface area contributed by atoms with E-state index in [2.05, 4.69) is 41.0 Å². The van der Waals surface area contributed by atoms with Crippen LogP contribution in [-0.4, -0.2) is 46.4 Å². The van der Waals surface area contributed by atoms with Gasteiger partial charge in [-0.05, 0) is 67.3 Å². The van der Waals surface area contributed by atoms with Crippen molar-refractivity contribution in [3.8, 4) is 5.75 Å². The van der Waals surface area contributed by atoms with Gasteiger partial charge in [0.15, 0.2) is 0 Å².